The van der Waals surface area contributed by atoms with Gasteiger partial charge in [0.1, 0.15) is 17.2 Å². The maximum absolute atomic E-state index is 5.87. The van der Waals surface area contributed by atoms with Crippen LogP contribution in [0, 0.1) is 6.92 Å². The van der Waals surface area contributed by atoms with Crippen molar-refractivity contribution >= 4 is 5.69 Å². The van der Waals surface area contributed by atoms with E-state index in [1.165, 1.54) is 0 Å². The molecule has 17 heavy (non-hydrogen) atoms. The number of nitrogen functional groups attached to an aromatic ring is 1. The van der Waals surface area contributed by atoms with Crippen LogP contribution in [0.2, 0.25) is 0 Å². The summed E-state index contributed by atoms with van der Waals surface area (Å²) in [5.74, 6) is 2.15. The topological polar surface area (TPSA) is 44.5 Å². The molecule has 0 bridgehead atoms. The number of methoxy groups -OCH3 is 1. The zero-order valence-corrected chi connectivity index (χ0v) is 9.94. The van der Waals surface area contributed by atoms with Crippen molar-refractivity contribution in [2.45, 2.75) is 6.92 Å². The largest absolute Gasteiger partial charge is 0.494 e. The standard InChI is InChI=1S/C14H15NO2/c1-10-8-12(9-13(16-2)14(10)15)17-11-6-4-3-5-7-11/h3-9H,15H2,1-2H3. The van der Waals surface area contributed by atoms with Crippen LogP contribution in [-0.2, 0) is 0 Å². The van der Waals surface area contributed by atoms with Crippen molar-refractivity contribution in [3.8, 4) is 17.2 Å². The molecule has 0 fully saturated rings. The van der Waals surface area contributed by atoms with Crippen LogP contribution in [0.15, 0.2) is 42.5 Å². The molecule has 3 heteroatoms. The smallest absolute Gasteiger partial charge is 0.145 e. The minimum atomic E-state index is 0.635. The van der Waals surface area contributed by atoms with Gasteiger partial charge in [0.15, 0.2) is 0 Å². The zero-order chi connectivity index (χ0) is 12.3. The van der Waals surface area contributed by atoms with E-state index >= 15 is 0 Å². The van der Waals surface area contributed by atoms with Crippen molar-refractivity contribution in [3.63, 3.8) is 0 Å². The Morgan fingerprint density at radius 3 is 2.35 bits per heavy atom. The van der Waals surface area contributed by atoms with Gasteiger partial charge in [0, 0.05) is 6.07 Å². The first-order chi connectivity index (χ1) is 8.20. The number of rotatable bonds is 3. The fourth-order valence-corrected chi connectivity index (χ4v) is 1.59. The lowest BCUT2D eigenvalue weighted by molar-refractivity contribution is 0.411. The third-order valence-corrected chi connectivity index (χ3v) is 2.52. The fraction of sp³-hybridized carbons (Fsp3) is 0.143. The molecule has 0 unspecified atom stereocenters. The molecule has 2 rings (SSSR count). The average Bonchev–Trinajstić information content (AvgIpc) is 2.35. The molecule has 0 heterocycles. The van der Waals surface area contributed by atoms with E-state index in [2.05, 4.69) is 0 Å². The number of anilines is 1. The third kappa shape index (κ3) is 2.50. The summed E-state index contributed by atoms with van der Waals surface area (Å²) in [5, 5.41) is 0. The Morgan fingerprint density at radius 2 is 1.71 bits per heavy atom. The SMILES string of the molecule is COc1cc(Oc2ccccc2)cc(C)c1N. The molecule has 0 aromatic heterocycles. The molecule has 3 nitrogen and oxygen atoms in total. The maximum Gasteiger partial charge on any atom is 0.145 e. The summed E-state index contributed by atoms with van der Waals surface area (Å²) in [7, 11) is 1.59. The summed E-state index contributed by atoms with van der Waals surface area (Å²) in [6.45, 7) is 1.93. The van der Waals surface area contributed by atoms with Crippen molar-refractivity contribution in [2.75, 3.05) is 12.8 Å². The Morgan fingerprint density at radius 1 is 1.00 bits per heavy atom. The van der Waals surface area contributed by atoms with E-state index in [1.54, 1.807) is 13.2 Å². The molecular formula is C14H15NO2. The van der Waals surface area contributed by atoms with Gasteiger partial charge in [-0.3, -0.25) is 0 Å². The highest BCUT2D eigenvalue weighted by molar-refractivity contribution is 5.61. The molecular weight excluding hydrogens is 214 g/mol. The van der Waals surface area contributed by atoms with Crippen molar-refractivity contribution < 1.29 is 9.47 Å². The Bertz CT molecular complexity index is 509. The second-order valence-electron chi connectivity index (χ2n) is 3.77. The summed E-state index contributed by atoms with van der Waals surface area (Å²) in [6, 6.07) is 13.3. The predicted molar refractivity (Wildman–Crippen MR) is 68.7 cm³/mol. The average molecular weight is 229 g/mol. The molecule has 0 aliphatic rings. The van der Waals surface area contributed by atoms with Crippen LogP contribution in [0.5, 0.6) is 17.2 Å². The molecule has 0 spiro atoms. The van der Waals surface area contributed by atoms with Crippen molar-refractivity contribution in [3.05, 3.63) is 48.0 Å². The lowest BCUT2D eigenvalue weighted by Crippen LogP contribution is -1.96. The Balaban J connectivity index is 2.31. The quantitative estimate of drug-likeness (QED) is 0.820. The maximum atomic E-state index is 5.87. The minimum Gasteiger partial charge on any atom is -0.494 e. The number of hydrogen-bond acceptors (Lipinski definition) is 3. The third-order valence-electron chi connectivity index (χ3n) is 2.52. The second-order valence-corrected chi connectivity index (χ2v) is 3.77. The van der Waals surface area contributed by atoms with E-state index < -0.39 is 0 Å². The first-order valence-corrected chi connectivity index (χ1v) is 5.37. The van der Waals surface area contributed by atoms with E-state index in [0.29, 0.717) is 11.4 Å². The number of hydrogen-bond donors (Lipinski definition) is 1. The van der Waals surface area contributed by atoms with Crippen LogP contribution < -0.4 is 15.2 Å². The Labute approximate surface area is 101 Å². The van der Waals surface area contributed by atoms with Crippen molar-refractivity contribution in [1.29, 1.82) is 0 Å². The number of para-hydroxylation sites is 1. The van der Waals surface area contributed by atoms with Gasteiger partial charge >= 0.3 is 0 Å². The number of benzene rings is 2. The van der Waals surface area contributed by atoms with Gasteiger partial charge in [-0.05, 0) is 30.7 Å². The van der Waals surface area contributed by atoms with E-state index in [4.69, 9.17) is 15.2 Å². The number of aryl methyl sites for hydroxylation is 1. The summed E-state index contributed by atoms with van der Waals surface area (Å²) >= 11 is 0. The van der Waals surface area contributed by atoms with Crippen LogP contribution in [-0.4, -0.2) is 7.11 Å². The van der Waals surface area contributed by atoms with E-state index in [-0.39, 0.29) is 0 Å². The zero-order valence-electron chi connectivity index (χ0n) is 9.94. The normalized spacial score (nSPS) is 10.0. The summed E-state index contributed by atoms with van der Waals surface area (Å²) < 4.78 is 10.9. The van der Waals surface area contributed by atoms with Crippen LogP contribution in [0.25, 0.3) is 0 Å². The summed E-state index contributed by atoms with van der Waals surface area (Å²) in [4.78, 5) is 0. The van der Waals surface area contributed by atoms with E-state index in [9.17, 15) is 0 Å². The van der Waals surface area contributed by atoms with Gasteiger partial charge < -0.3 is 15.2 Å². The van der Waals surface area contributed by atoms with E-state index in [1.807, 2.05) is 43.3 Å². The molecule has 0 aliphatic carbocycles. The van der Waals surface area contributed by atoms with Crippen molar-refractivity contribution in [2.24, 2.45) is 0 Å². The van der Waals surface area contributed by atoms with Gasteiger partial charge in [0.05, 0.1) is 12.8 Å². The van der Waals surface area contributed by atoms with Gasteiger partial charge in [-0.2, -0.15) is 0 Å². The molecule has 0 saturated heterocycles. The molecule has 2 N–H and O–H groups in total. The minimum absolute atomic E-state index is 0.635. The van der Waals surface area contributed by atoms with Gasteiger partial charge in [-0.1, -0.05) is 18.2 Å². The molecule has 0 amide bonds. The Hall–Kier alpha value is -2.16. The van der Waals surface area contributed by atoms with Gasteiger partial charge in [-0.25, -0.2) is 0 Å². The fourth-order valence-electron chi connectivity index (χ4n) is 1.59. The monoisotopic (exact) mass is 229 g/mol. The van der Waals surface area contributed by atoms with Gasteiger partial charge in [0.25, 0.3) is 0 Å². The molecule has 88 valence electrons. The van der Waals surface area contributed by atoms with Gasteiger partial charge in [0.2, 0.25) is 0 Å². The predicted octanol–water partition coefficient (Wildman–Crippen LogP) is 3.38. The molecule has 0 saturated carbocycles. The lowest BCUT2D eigenvalue weighted by atomic mass is 10.2. The first kappa shape index (κ1) is 11.3. The molecule has 0 aliphatic heterocycles. The van der Waals surface area contributed by atoms with E-state index in [0.717, 1.165) is 17.1 Å². The van der Waals surface area contributed by atoms with Crippen LogP contribution in [0.1, 0.15) is 5.56 Å². The number of nitrogens with two attached hydrogens (primary N) is 1. The second kappa shape index (κ2) is 4.78. The van der Waals surface area contributed by atoms with Gasteiger partial charge in [-0.15, -0.1) is 0 Å². The number of ether oxygens (including phenoxy) is 2. The van der Waals surface area contributed by atoms with Crippen LogP contribution in [0.3, 0.4) is 0 Å². The molecule has 2 aromatic rings. The molecule has 2 aromatic carbocycles. The highest BCUT2D eigenvalue weighted by Gasteiger charge is 2.06. The summed E-state index contributed by atoms with van der Waals surface area (Å²) in [5.41, 5.74) is 7.46. The lowest BCUT2D eigenvalue weighted by Gasteiger charge is -2.11. The highest BCUT2D eigenvalue weighted by atomic mass is 16.5. The first-order valence-electron chi connectivity index (χ1n) is 5.37. The van der Waals surface area contributed by atoms with Crippen LogP contribution >= 0.6 is 0 Å². The Kier molecular flexibility index (Phi) is 3.19. The highest BCUT2D eigenvalue weighted by Crippen LogP contribution is 2.32. The molecule has 0 radical (unpaired) electrons. The molecule has 0 atom stereocenters. The van der Waals surface area contributed by atoms with Crippen LogP contribution in [0.4, 0.5) is 5.69 Å². The summed E-state index contributed by atoms with van der Waals surface area (Å²) in [6.07, 6.45) is 0. The van der Waals surface area contributed by atoms with Crippen molar-refractivity contribution in [1.82, 2.24) is 0 Å².